The zero-order valence-electron chi connectivity index (χ0n) is 13.7. The largest absolute Gasteiger partial charge is 0.385 e. The van der Waals surface area contributed by atoms with Crippen LogP contribution in [-0.2, 0) is 4.79 Å². The Bertz CT molecular complexity index is 905. The van der Waals surface area contributed by atoms with Crippen molar-refractivity contribution in [1.82, 2.24) is 4.90 Å². The standard InChI is InChI=1S/C20H18FNO2S/c1-22-18(23)11-14(13-7-3-4-8-15(13)21)19(22)20(24)17-10-12-6-2-5-9-16(12)25-17/h2-10,14,19-20,24H,11H2,1H3. The molecule has 25 heavy (non-hydrogen) atoms. The Morgan fingerprint density at radius 1 is 1.20 bits per heavy atom. The molecule has 1 N–H and O–H groups in total. The summed E-state index contributed by atoms with van der Waals surface area (Å²) in [7, 11) is 1.68. The third-order valence-corrected chi connectivity index (χ3v) is 6.20. The molecule has 4 rings (SSSR count). The van der Waals surface area contributed by atoms with E-state index in [-0.39, 0.29) is 24.1 Å². The number of likely N-dealkylation sites (N-methyl/N-ethyl adjacent to an activating group) is 1. The van der Waals surface area contributed by atoms with Gasteiger partial charge in [0.25, 0.3) is 0 Å². The van der Waals surface area contributed by atoms with E-state index in [0.29, 0.717) is 5.56 Å². The fourth-order valence-electron chi connectivity index (χ4n) is 3.71. The Kier molecular flexibility index (Phi) is 4.06. The lowest BCUT2D eigenvalue weighted by Crippen LogP contribution is -2.36. The molecule has 3 unspecified atom stereocenters. The van der Waals surface area contributed by atoms with E-state index in [1.54, 1.807) is 30.1 Å². The second-order valence-corrected chi connectivity index (χ2v) is 7.57. The summed E-state index contributed by atoms with van der Waals surface area (Å²) in [6.45, 7) is 0. The molecule has 128 valence electrons. The van der Waals surface area contributed by atoms with Gasteiger partial charge in [0.1, 0.15) is 11.9 Å². The first-order valence-electron chi connectivity index (χ1n) is 8.23. The molecule has 1 aliphatic rings. The molecule has 3 atom stereocenters. The Morgan fingerprint density at radius 2 is 1.92 bits per heavy atom. The SMILES string of the molecule is CN1C(=O)CC(c2ccccc2F)C1C(O)c1cc2ccccc2s1. The quantitative estimate of drug-likeness (QED) is 0.769. The van der Waals surface area contributed by atoms with Gasteiger partial charge in [-0.1, -0.05) is 36.4 Å². The summed E-state index contributed by atoms with van der Waals surface area (Å²) in [4.78, 5) is 14.6. The highest BCUT2D eigenvalue weighted by molar-refractivity contribution is 7.19. The van der Waals surface area contributed by atoms with E-state index < -0.39 is 12.1 Å². The molecule has 1 aromatic heterocycles. The van der Waals surface area contributed by atoms with E-state index in [1.165, 1.54) is 17.4 Å². The molecule has 3 aromatic rings. The van der Waals surface area contributed by atoms with Gasteiger partial charge in [-0.2, -0.15) is 0 Å². The van der Waals surface area contributed by atoms with E-state index in [1.807, 2.05) is 30.3 Å². The van der Waals surface area contributed by atoms with Crippen molar-refractivity contribution in [2.75, 3.05) is 7.05 Å². The van der Waals surface area contributed by atoms with E-state index in [0.717, 1.165) is 15.0 Å². The predicted molar refractivity (Wildman–Crippen MR) is 97.1 cm³/mol. The van der Waals surface area contributed by atoms with Crippen LogP contribution in [0.15, 0.2) is 54.6 Å². The number of thiophene rings is 1. The first kappa shape index (κ1) is 16.2. The Morgan fingerprint density at radius 3 is 2.68 bits per heavy atom. The maximum Gasteiger partial charge on any atom is 0.223 e. The molecule has 0 spiro atoms. The average molecular weight is 355 g/mol. The summed E-state index contributed by atoms with van der Waals surface area (Å²) in [6.07, 6.45) is -0.636. The summed E-state index contributed by atoms with van der Waals surface area (Å²) >= 11 is 1.52. The highest BCUT2D eigenvalue weighted by Crippen LogP contribution is 2.43. The number of nitrogens with zero attached hydrogens (tertiary/aromatic N) is 1. The van der Waals surface area contributed by atoms with Crippen LogP contribution in [0.1, 0.15) is 28.9 Å². The van der Waals surface area contributed by atoms with Crippen molar-refractivity contribution in [3.05, 3.63) is 70.9 Å². The van der Waals surface area contributed by atoms with Crippen LogP contribution in [0, 0.1) is 5.82 Å². The summed E-state index contributed by atoms with van der Waals surface area (Å²) in [6, 6.07) is 15.9. The lowest BCUT2D eigenvalue weighted by molar-refractivity contribution is -0.128. The molecule has 0 saturated carbocycles. The van der Waals surface area contributed by atoms with Gasteiger partial charge in [0, 0.05) is 29.0 Å². The smallest absolute Gasteiger partial charge is 0.223 e. The van der Waals surface area contributed by atoms with Crippen molar-refractivity contribution in [2.45, 2.75) is 24.5 Å². The number of benzene rings is 2. The van der Waals surface area contributed by atoms with Gasteiger partial charge >= 0.3 is 0 Å². The predicted octanol–water partition coefficient (Wildman–Crippen LogP) is 4.09. The summed E-state index contributed by atoms with van der Waals surface area (Å²) in [5, 5.41) is 12.1. The minimum atomic E-state index is -0.849. The molecule has 2 aromatic carbocycles. The van der Waals surface area contributed by atoms with Crippen molar-refractivity contribution >= 4 is 27.3 Å². The van der Waals surface area contributed by atoms with Crippen LogP contribution in [-0.4, -0.2) is 29.0 Å². The molecule has 1 saturated heterocycles. The van der Waals surface area contributed by atoms with Gasteiger partial charge in [0.2, 0.25) is 5.91 Å². The number of hydrogen-bond donors (Lipinski definition) is 1. The number of carbonyl (C=O) groups is 1. The topological polar surface area (TPSA) is 40.5 Å². The summed E-state index contributed by atoms with van der Waals surface area (Å²) in [5.41, 5.74) is 0.491. The summed E-state index contributed by atoms with van der Waals surface area (Å²) in [5.74, 6) is -0.763. The summed E-state index contributed by atoms with van der Waals surface area (Å²) < 4.78 is 15.4. The molecular formula is C20H18FNO2S. The molecule has 0 radical (unpaired) electrons. The first-order chi connectivity index (χ1) is 12.1. The molecule has 1 fully saturated rings. The maximum absolute atomic E-state index is 14.3. The van der Waals surface area contributed by atoms with Crippen LogP contribution in [0.2, 0.25) is 0 Å². The van der Waals surface area contributed by atoms with Crippen LogP contribution < -0.4 is 0 Å². The fourth-order valence-corrected chi connectivity index (χ4v) is 4.80. The third-order valence-electron chi connectivity index (χ3n) is 5.01. The van der Waals surface area contributed by atoms with Crippen LogP contribution in [0.5, 0.6) is 0 Å². The van der Waals surface area contributed by atoms with Crippen LogP contribution in [0.3, 0.4) is 0 Å². The van der Waals surface area contributed by atoms with Gasteiger partial charge in [-0.15, -0.1) is 11.3 Å². The molecule has 5 heteroatoms. The number of halogens is 1. The van der Waals surface area contributed by atoms with Crippen molar-refractivity contribution in [2.24, 2.45) is 0 Å². The normalized spacial score (nSPS) is 21.9. The minimum absolute atomic E-state index is 0.0709. The number of rotatable bonds is 3. The zero-order valence-corrected chi connectivity index (χ0v) is 14.5. The number of fused-ring (bicyclic) bond motifs is 1. The Labute approximate surface area is 149 Å². The number of aliphatic hydroxyl groups is 1. The molecule has 2 heterocycles. The lowest BCUT2D eigenvalue weighted by Gasteiger charge is -2.29. The monoisotopic (exact) mass is 355 g/mol. The van der Waals surface area contributed by atoms with Crippen molar-refractivity contribution in [3.63, 3.8) is 0 Å². The zero-order chi connectivity index (χ0) is 17.6. The second-order valence-electron chi connectivity index (χ2n) is 6.46. The van der Waals surface area contributed by atoms with E-state index in [2.05, 4.69) is 0 Å². The number of aliphatic hydroxyl groups excluding tert-OH is 1. The van der Waals surface area contributed by atoms with Crippen LogP contribution in [0.25, 0.3) is 10.1 Å². The van der Waals surface area contributed by atoms with Gasteiger partial charge in [-0.05, 0) is 29.1 Å². The van der Waals surface area contributed by atoms with E-state index in [4.69, 9.17) is 0 Å². The minimum Gasteiger partial charge on any atom is -0.385 e. The van der Waals surface area contributed by atoms with Crippen molar-refractivity contribution < 1.29 is 14.3 Å². The number of amides is 1. The Balaban J connectivity index is 1.74. The van der Waals surface area contributed by atoms with Gasteiger partial charge in [0.15, 0.2) is 0 Å². The molecule has 0 aliphatic carbocycles. The third kappa shape index (κ3) is 2.73. The van der Waals surface area contributed by atoms with E-state index >= 15 is 0 Å². The first-order valence-corrected chi connectivity index (χ1v) is 9.04. The molecular weight excluding hydrogens is 337 g/mol. The lowest BCUT2D eigenvalue weighted by atomic mass is 9.87. The molecule has 1 amide bonds. The second kappa shape index (κ2) is 6.24. The number of hydrogen-bond acceptors (Lipinski definition) is 3. The highest BCUT2D eigenvalue weighted by atomic mass is 32.1. The molecule has 0 bridgehead atoms. The van der Waals surface area contributed by atoms with Crippen molar-refractivity contribution in [3.8, 4) is 0 Å². The van der Waals surface area contributed by atoms with Crippen LogP contribution >= 0.6 is 11.3 Å². The maximum atomic E-state index is 14.3. The Hall–Kier alpha value is -2.24. The van der Waals surface area contributed by atoms with E-state index in [9.17, 15) is 14.3 Å². The average Bonchev–Trinajstić information content (AvgIpc) is 3.17. The molecule has 1 aliphatic heterocycles. The number of likely N-dealkylation sites (tertiary alicyclic amines) is 1. The van der Waals surface area contributed by atoms with Crippen molar-refractivity contribution in [1.29, 1.82) is 0 Å². The number of carbonyl (C=O) groups excluding carboxylic acids is 1. The molecule has 3 nitrogen and oxygen atoms in total. The van der Waals surface area contributed by atoms with Gasteiger partial charge in [-0.25, -0.2) is 4.39 Å². The van der Waals surface area contributed by atoms with Gasteiger partial charge in [0.05, 0.1) is 6.04 Å². The van der Waals surface area contributed by atoms with Crippen LogP contribution in [0.4, 0.5) is 4.39 Å². The van der Waals surface area contributed by atoms with Gasteiger partial charge < -0.3 is 10.0 Å². The van der Waals surface area contributed by atoms with Gasteiger partial charge in [-0.3, -0.25) is 4.79 Å². The fraction of sp³-hybridized carbons (Fsp3) is 0.250. The highest BCUT2D eigenvalue weighted by Gasteiger charge is 2.44.